The van der Waals surface area contributed by atoms with Gasteiger partial charge in [0.15, 0.2) is 0 Å². The molecule has 0 radical (unpaired) electrons. The van der Waals surface area contributed by atoms with E-state index in [1.165, 1.54) is 11.3 Å². The molecule has 0 bridgehead atoms. The number of hydrogen-bond donors (Lipinski definition) is 1. The number of amides is 1. The standard InChI is InChI=1S/C23H24N2O4S2/c1-15(22(26)25-19-11-12-29-21-10-6-3-7-17(19)21)31(27)14-16-13-30-23(24-16)18-8-4-5-9-20(18)28-2/h3-10,13,15,19H,11-12,14H2,1-2H3,(H,25,26). The van der Waals surface area contributed by atoms with E-state index < -0.39 is 16.0 Å². The van der Waals surface area contributed by atoms with Crippen LogP contribution in [0, 0.1) is 0 Å². The largest absolute Gasteiger partial charge is 0.496 e. The van der Waals surface area contributed by atoms with Crippen LogP contribution < -0.4 is 14.8 Å². The van der Waals surface area contributed by atoms with Crippen LogP contribution in [-0.2, 0) is 21.3 Å². The van der Waals surface area contributed by atoms with Crippen LogP contribution in [0.4, 0.5) is 0 Å². The van der Waals surface area contributed by atoms with Gasteiger partial charge in [-0.2, -0.15) is 0 Å². The van der Waals surface area contributed by atoms with Crippen molar-refractivity contribution in [1.29, 1.82) is 0 Å². The van der Waals surface area contributed by atoms with Crippen LogP contribution >= 0.6 is 11.3 Å². The highest BCUT2D eigenvalue weighted by molar-refractivity contribution is 7.85. The molecule has 3 atom stereocenters. The zero-order valence-corrected chi connectivity index (χ0v) is 19.0. The number of ether oxygens (including phenoxy) is 2. The van der Waals surface area contributed by atoms with Gasteiger partial charge in [0.2, 0.25) is 5.91 Å². The molecule has 2 aromatic carbocycles. The van der Waals surface area contributed by atoms with E-state index in [-0.39, 0.29) is 17.7 Å². The molecule has 1 N–H and O–H groups in total. The summed E-state index contributed by atoms with van der Waals surface area (Å²) >= 11 is 1.48. The molecule has 0 fully saturated rings. The van der Waals surface area contributed by atoms with Gasteiger partial charge in [-0.15, -0.1) is 11.3 Å². The highest BCUT2D eigenvalue weighted by atomic mass is 32.2. The summed E-state index contributed by atoms with van der Waals surface area (Å²) in [5.74, 6) is 1.54. The van der Waals surface area contributed by atoms with Crippen molar-refractivity contribution in [2.45, 2.75) is 30.4 Å². The van der Waals surface area contributed by atoms with Crippen LogP contribution in [0.2, 0.25) is 0 Å². The third-order valence-electron chi connectivity index (χ3n) is 5.22. The monoisotopic (exact) mass is 456 g/mol. The number of fused-ring (bicyclic) bond motifs is 1. The van der Waals surface area contributed by atoms with E-state index in [4.69, 9.17) is 9.47 Å². The molecular formula is C23H24N2O4S2. The van der Waals surface area contributed by atoms with Crippen molar-refractivity contribution in [3.63, 3.8) is 0 Å². The number of carbonyl (C=O) groups is 1. The highest BCUT2D eigenvalue weighted by Gasteiger charge is 2.27. The first-order chi connectivity index (χ1) is 15.1. The van der Waals surface area contributed by atoms with Crippen molar-refractivity contribution >= 4 is 28.0 Å². The van der Waals surface area contributed by atoms with Gasteiger partial charge in [0.1, 0.15) is 21.8 Å². The fourth-order valence-electron chi connectivity index (χ4n) is 3.49. The molecule has 162 valence electrons. The number of hydrogen-bond acceptors (Lipinski definition) is 6. The van der Waals surface area contributed by atoms with Gasteiger partial charge in [0.25, 0.3) is 0 Å². The summed E-state index contributed by atoms with van der Waals surface area (Å²) in [5, 5.41) is 5.09. The molecule has 0 saturated carbocycles. The van der Waals surface area contributed by atoms with Gasteiger partial charge in [-0.25, -0.2) is 4.98 Å². The maximum atomic E-state index is 12.9. The minimum absolute atomic E-state index is 0.131. The van der Waals surface area contributed by atoms with Gasteiger partial charge in [0, 0.05) is 28.2 Å². The number of thiazole rings is 1. The van der Waals surface area contributed by atoms with Crippen LogP contribution in [0.5, 0.6) is 11.5 Å². The first kappa shape index (κ1) is 21.5. The number of nitrogens with zero attached hydrogens (tertiary/aromatic N) is 1. The molecule has 1 aliphatic rings. The molecule has 31 heavy (non-hydrogen) atoms. The molecule has 0 spiro atoms. The number of carbonyl (C=O) groups excluding carboxylic acids is 1. The number of methoxy groups -OCH3 is 1. The lowest BCUT2D eigenvalue weighted by Crippen LogP contribution is -2.39. The molecule has 3 aromatic rings. The first-order valence-corrected chi connectivity index (χ1v) is 12.3. The van der Waals surface area contributed by atoms with Crippen molar-refractivity contribution in [2.24, 2.45) is 0 Å². The molecule has 1 aromatic heterocycles. The average Bonchev–Trinajstić information content (AvgIpc) is 3.27. The number of rotatable bonds is 7. The molecule has 2 heterocycles. The van der Waals surface area contributed by atoms with Gasteiger partial charge < -0.3 is 14.8 Å². The molecule has 1 amide bonds. The third-order valence-corrected chi connectivity index (χ3v) is 7.73. The maximum absolute atomic E-state index is 12.9. The van der Waals surface area contributed by atoms with Gasteiger partial charge in [0.05, 0.1) is 36.8 Å². The molecule has 8 heteroatoms. The van der Waals surface area contributed by atoms with E-state index in [0.29, 0.717) is 18.7 Å². The number of para-hydroxylation sites is 2. The van der Waals surface area contributed by atoms with Crippen molar-refractivity contribution < 1.29 is 18.5 Å². The fourth-order valence-corrected chi connectivity index (χ4v) is 5.44. The Bertz CT molecular complexity index is 1100. The average molecular weight is 457 g/mol. The summed E-state index contributed by atoms with van der Waals surface area (Å²) in [4.78, 5) is 17.4. The first-order valence-electron chi connectivity index (χ1n) is 10.0. The summed E-state index contributed by atoms with van der Waals surface area (Å²) in [6.07, 6.45) is 0.691. The Hall–Kier alpha value is -2.71. The van der Waals surface area contributed by atoms with Crippen molar-refractivity contribution in [3.8, 4) is 22.1 Å². The molecule has 4 rings (SSSR count). The van der Waals surface area contributed by atoms with Gasteiger partial charge in [-0.05, 0) is 25.1 Å². The van der Waals surface area contributed by atoms with E-state index in [9.17, 15) is 9.00 Å². The van der Waals surface area contributed by atoms with E-state index >= 15 is 0 Å². The van der Waals surface area contributed by atoms with Crippen molar-refractivity contribution in [2.75, 3.05) is 13.7 Å². The lowest BCUT2D eigenvalue weighted by Gasteiger charge is -2.27. The van der Waals surface area contributed by atoms with Crippen LogP contribution in [0.3, 0.4) is 0 Å². The zero-order valence-electron chi connectivity index (χ0n) is 17.4. The summed E-state index contributed by atoms with van der Waals surface area (Å²) in [6.45, 7) is 2.24. The molecule has 0 saturated heterocycles. The third kappa shape index (κ3) is 4.80. The molecule has 3 unspecified atom stereocenters. The minimum Gasteiger partial charge on any atom is -0.496 e. The molecular weight excluding hydrogens is 432 g/mol. The quantitative estimate of drug-likeness (QED) is 0.579. The van der Waals surface area contributed by atoms with Crippen LogP contribution in [-0.4, -0.2) is 34.1 Å². The van der Waals surface area contributed by atoms with Crippen LogP contribution in [0.1, 0.15) is 30.6 Å². The maximum Gasteiger partial charge on any atom is 0.235 e. The van der Waals surface area contributed by atoms with E-state index in [0.717, 1.165) is 27.6 Å². The van der Waals surface area contributed by atoms with Gasteiger partial charge >= 0.3 is 0 Å². The lowest BCUT2D eigenvalue weighted by molar-refractivity contribution is -0.121. The van der Waals surface area contributed by atoms with Crippen LogP contribution in [0.15, 0.2) is 53.9 Å². The summed E-state index contributed by atoms with van der Waals surface area (Å²) in [7, 11) is 0.236. The highest BCUT2D eigenvalue weighted by Crippen LogP contribution is 2.33. The zero-order chi connectivity index (χ0) is 21.8. The van der Waals surface area contributed by atoms with Crippen molar-refractivity contribution in [3.05, 3.63) is 65.2 Å². The Morgan fingerprint density at radius 2 is 2.06 bits per heavy atom. The smallest absolute Gasteiger partial charge is 0.235 e. The Balaban J connectivity index is 1.40. The Kier molecular flexibility index (Phi) is 6.67. The fraction of sp³-hybridized carbons (Fsp3) is 0.304. The Morgan fingerprint density at radius 1 is 1.29 bits per heavy atom. The second kappa shape index (κ2) is 9.62. The minimum atomic E-state index is -1.39. The SMILES string of the molecule is COc1ccccc1-c1nc(CS(=O)C(C)C(=O)NC2CCOc3ccccc32)cs1. The van der Waals surface area contributed by atoms with Gasteiger partial charge in [-0.1, -0.05) is 30.3 Å². The Morgan fingerprint density at radius 3 is 2.90 bits per heavy atom. The molecule has 1 aliphatic heterocycles. The van der Waals surface area contributed by atoms with Gasteiger partial charge in [-0.3, -0.25) is 9.00 Å². The summed E-state index contributed by atoms with van der Waals surface area (Å²) in [5.41, 5.74) is 2.57. The van der Waals surface area contributed by atoms with Crippen molar-refractivity contribution in [1.82, 2.24) is 10.3 Å². The predicted molar refractivity (Wildman–Crippen MR) is 123 cm³/mol. The lowest BCUT2D eigenvalue weighted by atomic mass is 10.0. The number of nitrogens with one attached hydrogen (secondary N) is 1. The second-order valence-corrected chi connectivity index (χ2v) is 9.86. The summed E-state index contributed by atoms with van der Waals surface area (Å²) < 4.78 is 23.9. The topological polar surface area (TPSA) is 77.5 Å². The normalized spacial score (nSPS) is 17.2. The molecule has 6 nitrogen and oxygen atoms in total. The Labute approximate surface area is 188 Å². The summed E-state index contributed by atoms with van der Waals surface area (Å²) in [6, 6.07) is 15.2. The van der Waals surface area contributed by atoms with E-state index in [1.807, 2.05) is 53.9 Å². The number of aromatic nitrogens is 1. The number of benzene rings is 2. The second-order valence-electron chi connectivity index (χ2n) is 7.25. The van der Waals surface area contributed by atoms with Crippen LogP contribution in [0.25, 0.3) is 10.6 Å². The predicted octanol–water partition coefficient (Wildman–Crippen LogP) is 4.10. The molecule has 0 aliphatic carbocycles. The van der Waals surface area contributed by atoms with E-state index in [2.05, 4.69) is 10.3 Å². The van der Waals surface area contributed by atoms with E-state index in [1.54, 1.807) is 14.0 Å².